The summed E-state index contributed by atoms with van der Waals surface area (Å²) in [7, 11) is 0. The zero-order chi connectivity index (χ0) is 23.2. The number of amides is 1. The SMILES string of the molecule is Cc1cc(C)c(NC(=O)C(F)(OC(F)(F)C(F)(F)C(F)(F)F)C(F)(F)F)c(C)c1. The number of alkyl halides is 11. The molecule has 0 heterocycles. The summed E-state index contributed by atoms with van der Waals surface area (Å²) in [4.78, 5) is 11.7. The molecule has 0 saturated carbocycles. The zero-order valence-electron chi connectivity index (χ0n) is 14.6. The summed E-state index contributed by atoms with van der Waals surface area (Å²) in [5.74, 6) is -16.6. The summed E-state index contributed by atoms with van der Waals surface area (Å²) in [6.45, 7) is 3.97. The van der Waals surface area contributed by atoms with Crippen molar-refractivity contribution >= 4 is 11.6 Å². The van der Waals surface area contributed by atoms with E-state index in [1.807, 2.05) is 0 Å². The quantitative estimate of drug-likeness (QED) is 0.599. The van der Waals surface area contributed by atoms with Crippen molar-refractivity contribution in [1.82, 2.24) is 0 Å². The van der Waals surface area contributed by atoms with Crippen LogP contribution in [0.5, 0.6) is 0 Å². The van der Waals surface area contributed by atoms with Gasteiger partial charge in [0, 0.05) is 5.69 Å². The van der Waals surface area contributed by atoms with Gasteiger partial charge < -0.3 is 5.32 Å². The monoisotopic (exact) mass is 447 g/mol. The summed E-state index contributed by atoms with van der Waals surface area (Å²) >= 11 is 0. The maximum atomic E-state index is 14.2. The smallest absolute Gasteiger partial charge is 0.320 e. The van der Waals surface area contributed by atoms with Gasteiger partial charge in [0.1, 0.15) is 0 Å². The molecule has 1 aromatic carbocycles. The Bertz CT molecular complexity index is 762. The predicted octanol–water partition coefficient (Wildman–Crippen LogP) is 5.59. The lowest BCUT2D eigenvalue weighted by Gasteiger charge is -2.34. The van der Waals surface area contributed by atoms with Gasteiger partial charge in [0.25, 0.3) is 5.91 Å². The van der Waals surface area contributed by atoms with E-state index in [1.54, 1.807) is 0 Å². The number of rotatable bonds is 5. The summed E-state index contributed by atoms with van der Waals surface area (Å²) < 4.78 is 143. The topological polar surface area (TPSA) is 38.3 Å². The molecule has 0 aliphatic rings. The molecule has 14 heteroatoms. The lowest BCUT2D eigenvalue weighted by atomic mass is 10.0. The summed E-state index contributed by atoms with van der Waals surface area (Å²) in [6, 6.07) is 2.56. The zero-order valence-corrected chi connectivity index (χ0v) is 14.6. The largest absolute Gasteiger partial charge is 0.462 e. The molecule has 1 N–H and O–H groups in total. The second kappa shape index (κ2) is 7.29. The number of anilines is 1. The fourth-order valence-electron chi connectivity index (χ4n) is 2.21. The third-order valence-corrected chi connectivity index (χ3v) is 3.56. The molecule has 0 aromatic heterocycles. The van der Waals surface area contributed by atoms with Crippen molar-refractivity contribution in [3.63, 3.8) is 0 Å². The van der Waals surface area contributed by atoms with Gasteiger partial charge in [-0.25, -0.2) is 0 Å². The molecular weight excluding hydrogens is 435 g/mol. The number of ether oxygens (including phenoxy) is 1. The van der Waals surface area contributed by atoms with Gasteiger partial charge in [-0.05, 0) is 31.9 Å². The molecule has 0 aliphatic heterocycles. The standard InChI is InChI=1S/C15H12F11NO2/c1-6-4-7(2)9(8(3)5-6)27-10(28)11(16,13(19,20)21)29-15(25,26)12(17,18)14(22,23)24/h4-5H,1-3H3,(H,27,28). The van der Waals surface area contributed by atoms with Crippen LogP contribution in [0.3, 0.4) is 0 Å². The van der Waals surface area contributed by atoms with Crippen LogP contribution in [0.4, 0.5) is 54.0 Å². The highest BCUT2D eigenvalue weighted by atomic mass is 19.4. The van der Waals surface area contributed by atoms with Gasteiger partial charge in [-0.15, -0.1) is 0 Å². The lowest BCUT2D eigenvalue weighted by molar-refractivity contribution is -0.472. The molecule has 166 valence electrons. The van der Waals surface area contributed by atoms with E-state index in [9.17, 15) is 53.1 Å². The van der Waals surface area contributed by atoms with E-state index in [0.29, 0.717) is 5.56 Å². The first kappa shape index (κ1) is 24.9. The summed E-state index contributed by atoms with van der Waals surface area (Å²) in [6.07, 6.45) is -20.9. The minimum Gasteiger partial charge on any atom is -0.320 e. The molecule has 0 radical (unpaired) electrons. The molecule has 29 heavy (non-hydrogen) atoms. The number of nitrogens with one attached hydrogen (secondary N) is 1. The van der Waals surface area contributed by atoms with Gasteiger partial charge in [0.15, 0.2) is 0 Å². The maximum Gasteiger partial charge on any atom is 0.462 e. The van der Waals surface area contributed by atoms with E-state index in [4.69, 9.17) is 0 Å². The molecule has 0 aliphatic carbocycles. The highest BCUT2D eigenvalue weighted by Crippen LogP contribution is 2.51. The van der Waals surface area contributed by atoms with Crippen LogP contribution in [0, 0.1) is 20.8 Å². The molecule has 0 saturated heterocycles. The molecule has 1 rings (SSSR count). The molecule has 0 fully saturated rings. The molecule has 0 spiro atoms. The second-order valence-corrected chi connectivity index (χ2v) is 6.01. The lowest BCUT2D eigenvalue weighted by Crippen LogP contribution is -2.62. The predicted molar refractivity (Wildman–Crippen MR) is 76.2 cm³/mol. The second-order valence-electron chi connectivity index (χ2n) is 6.01. The first-order valence-electron chi connectivity index (χ1n) is 7.35. The first-order valence-corrected chi connectivity index (χ1v) is 7.35. The van der Waals surface area contributed by atoms with Crippen LogP contribution in [0.25, 0.3) is 0 Å². The number of carbonyl (C=O) groups is 1. The van der Waals surface area contributed by atoms with Crippen LogP contribution in [0.1, 0.15) is 16.7 Å². The van der Waals surface area contributed by atoms with Gasteiger partial charge in [-0.3, -0.25) is 9.53 Å². The van der Waals surface area contributed by atoms with Crippen LogP contribution in [0.2, 0.25) is 0 Å². The Morgan fingerprint density at radius 2 is 1.21 bits per heavy atom. The average molecular weight is 447 g/mol. The van der Waals surface area contributed by atoms with Crippen LogP contribution in [-0.4, -0.2) is 36.1 Å². The molecule has 1 amide bonds. The Kier molecular flexibility index (Phi) is 6.26. The normalized spacial score (nSPS) is 15.8. The van der Waals surface area contributed by atoms with Crippen molar-refractivity contribution in [3.8, 4) is 0 Å². The number of aryl methyl sites for hydroxylation is 3. The van der Waals surface area contributed by atoms with Crippen LogP contribution in [-0.2, 0) is 9.53 Å². The van der Waals surface area contributed by atoms with Crippen molar-refractivity contribution in [3.05, 3.63) is 28.8 Å². The van der Waals surface area contributed by atoms with Crippen molar-refractivity contribution in [2.75, 3.05) is 5.32 Å². The average Bonchev–Trinajstić information content (AvgIpc) is 2.47. The van der Waals surface area contributed by atoms with E-state index >= 15 is 0 Å². The maximum absolute atomic E-state index is 14.2. The minimum atomic E-state index is -7.24. The van der Waals surface area contributed by atoms with Gasteiger partial charge in [0.05, 0.1) is 0 Å². The number of carbonyl (C=O) groups excluding carboxylic acids is 1. The fraction of sp³-hybridized carbons (Fsp3) is 0.533. The molecule has 3 nitrogen and oxygen atoms in total. The van der Waals surface area contributed by atoms with Gasteiger partial charge in [0.2, 0.25) is 0 Å². The van der Waals surface area contributed by atoms with Crippen molar-refractivity contribution < 1.29 is 57.8 Å². The fourth-order valence-corrected chi connectivity index (χ4v) is 2.21. The highest BCUT2D eigenvalue weighted by molar-refractivity contribution is 5.98. The first-order chi connectivity index (χ1) is 12.7. The van der Waals surface area contributed by atoms with Gasteiger partial charge in [-0.1, -0.05) is 17.7 Å². The van der Waals surface area contributed by atoms with E-state index in [-0.39, 0.29) is 11.1 Å². The number of benzene rings is 1. The highest BCUT2D eigenvalue weighted by Gasteiger charge is 2.79. The Balaban J connectivity index is 3.41. The van der Waals surface area contributed by atoms with E-state index in [0.717, 1.165) is 0 Å². The van der Waals surface area contributed by atoms with E-state index in [1.165, 1.54) is 38.2 Å². The Hall–Kier alpha value is -2.12. The molecular formula is C15H12F11NO2. The van der Waals surface area contributed by atoms with Crippen LogP contribution < -0.4 is 5.32 Å². The Morgan fingerprint density at radius 3 is 1.55 bits per heavy atom. The molecule has 1 atom stereocenters. The molecule has 0 bridgehead atoms. The molecule has 1 unspecified atom stereocenters. The number of hydrogen-bond acceptors (Lipinski definition) is 2. The number of halogens is 11. The number of hydrogen-bond donors (Lipinski definition) is 1. The summed E-state index contributed by atoms with van der Waals surface area (Å²) in [5.41, 5.74) is 0.0646. The third-order valence-electron chi connectivity index (χ3n) is 3.56. The van der Waals surface area contributed by atoms with Crippen LogP contribution >= 0.6 is 0 Å². The third kappa shape index (κ3) is 4.56. The van der Waals surface area contributed by atoms with Gasteiger partial charge >= 0.3 is 30.2 Å². The van der Waals surface area contributed by atoms with Crippen LogP contribution in [0.15, 0.2) is 12.1 Å². The van der Waals surface area contributed by atoms with Crippen molar-refractivity contribution in [2.45, 2.75) is 51.0 Å². The van der Waals surface area contributed by atoms with E-state index in [2.05, 4.69) is 4.74 Å². The molecule has 1 aromatic rings. The van der Waals surface area contributed by atoms with Gasteiger partial charge in [-0.2, -0.15) is 48.3 Å². The summed E-state index contributed by atoms with van der Waals surface area (Å²) in [5, 5.41) is 1.25. The van der Waals surface area contributed by atoms with Crippen molar-refractivity contribution in [1.29, 1.82) is 0 Å². The van der Waals surface area contributed by atoms with Crippen molar-refractivity contribution in [2.24, 2.45) is 0 Å². The Labute approximate surface area is 155 Å². The van der Waals surface area contributed by atoms with E-state index < -0.39 is 41.8 Å². The Morgan fingerprint density at radius 1 is 0.793 bits per heavy atom. The minimum absolute atomic E-state index is 0.0211.